The maximum atomic E-state index is 12.0. The van der Waals surface area contributed by atoms with Crippen molar-refractivity contribution in [3.8, 4) is 0 Å². The van der Waals surface area contributed by atoms with Crippen LogP contribution < -0.4 is 11.1 Å². The first-order valence-corrected chi connectivity index (χ1v) is 15.9. The smallest absolute Gasteiger partial charge is 0.312 e. The Bertz CT molecular complexity index is 1170. The van der Waals surface area contributed by atoms with Crippen molar-refractivity contribution in [3.05, 3.63) is 54.1 Å². The Morgan fingerprint density at radius 2 is 1.62 bits per heavy atom. The van der Waals surface area contributed by atoms with Gasteiger partial charge in [0.15, 0.2) is 0 Å². The van der Waals surface area contributed by atoms with E-state index in [1.807, 2.05) is 19.1 Å². The van der Waals surface area contributed by atoms with E-state index in [4.69, 9.17) is 5.73 Å². The molecule has 0 heterocycles. The van der Waals surface area contributed by atoms with Gasteiger partial charge in [0.2, 0.25) is 0 Å². The van der Waals surface area contributed by atoms with Crippen LogP contribution in [0, 0.1) is 45.8 Å². The SMILES string of the molecule is C=CC.CC1(C)C(c2ccc(C=O)cc2)=CCC2(C)C1CCC1(C)C3CCC4(NC(N)=O)CCCC4C3CCC12. The molecule has 0 spiro atoms. The molecule has 4 fully saturated rings. The summed E-state index contributed by atoms with van der Waals surface area (Å²) >= 11 is 0. The van der Waals surface area contributed by atoms with Crippen LogP contribution in [0.2, 0.25) is 0 Å². The number of rotatable bonds is 3. The van der Waals surface area contributed by atoms with Gasteiger partial charge < -0.3 is 11.1 Å². The van der Waals surface area contributed by atoms with Gasteiger partial charge >= 0.3 is 6.03 Å². The molecule has 4 saturated carbocycles. The van der Waals surface area contributed by atoms with Gasteiger partial charge in [0, 0.05) is 11.1 Å². The van der Waals surface area contributed by atoms with Crippen LogP contribution in [0.25, 0.3) is 5.57 Å². The van der Waals surface area contributed by atoms with E-state index < -0.39 is 0 Å². The topological polar surface area (TPSA) is 72.2 Å². The quantitative estimate of drug-likeness (QED) is 0.295. The lowest BCUT2D eigenvalue weighted by molar-refractivity contribution is -0.172. The summed E-state index contributed by atoms with van der Waals surface area (Å²) in [5.74, 6) is 3.49. The number of urea groups is 1. The van der Waals surface area contributed by atoms with E-state index in [2.05, 4.69) is 57.8 Å². The average Bonchev–Trinajstić information content (AvgIpc) is 3.32. The van der Waals surface area contributed by atoms with Crippen LogP contribution in [-0.4, -0.2) is 17.9 Å². The number of nitrogens with two attached hydrogens (primary N) is 1. The van der Waals surface area contributed by atoms with Gasteiger partial charge in [-0.15, -0.1) is 6.58 Å². The summed E-state index contributed by atoms with van der Waals surface area (Å²) in [7, 11) is 0. The van der Waals surface area contributed by atoms with Gasteiger partial charge in [0.25, 0.3) is 0 Å². The first kappa shape index (κ1) is 29.1. The monoisotopic (exact) mass is 544 g/mol. The molecule has 6 rings (SSSR count). The van der Waals surface area contributed by atoms with E-state index in [0.717, 1.165) is 48.9 Å². The van der Waals surface area contributed by atoms with Crippen molar-refractivity contribution in [2.75, 3.05) is 0 Å². The third-order valence-corrected chi connectivity index (χ3v) is 12.8. The molecule has 1 aromatic rings. The Kier molecular flexibility index (Phi) is 7.64. The third-order valence-electron chi connectivity index (χ3n) is 12.8. The zero-order chi connectivity index (χ0) is 28.9. The van der Waals surface area contributed by atoms with Crippen molar-refractivity contribution in [2.45, 2.75) is 104 Å². The molecule has 8 unspecified atom stereocenters. The lowest BCUT2D eigenvalue weighted by atomic mass is 9.37. The molecule has 0 aromatic heterocycles. The van der Waals surface area contributed by atoms with Gasteiger partial charge in [-0.05, 0) is 122 Å². The second-order valence-corrected chi connectivity index (χ2v) is 14.9. The van der Waals surface area contributed by atoms with Gasteiger partial charge in [0.1, 0.15) is 6.29 Å². The Morgan fingerprint density at radius 3 is 2.27 bits per heavy atom. The van der Waals surface area contributed by atoms with Crippen LogP contribution in [0.5, 0.6) is 0 Å². The summed E-state index contributed by atoms with van der Waals surface area (Å²) in [5.41, 5.74) is 9.93. The molecule has 5 aliphatic carbocycles. The van der Waals surface area contributed by atoms with Crippen LogP contribution >= 0.6 is 0 Å². The summed E-state index contributed by atoms with van der Waals surface area (Å²) in [6.45, 7) is 15.5. The number of benzene rings is 1. The lowest BCUT2D eigenvalue weighted by Gasteiger charge is -2.68. The number of carbonyl (C=O) groups excluding carboxylic acids is 2. The zero-order valence-corrected chi connectivity index (χ0v) is 25.6. The van der Waals surface area contributed by atoms with E-state index in [9.17, 15) is 9.59 Å². The average molecular weight is 545 g/mol. The van der Waals surface area contributed by atoms with Gasteiger partial charge in [-0.25, -0.2) is 4.79 Å². The van der Waals surface area contributed by atoms with E-state index in [1.165, 1.54) is 56.1 Å². The first-order valence-electron chi connectivity index (χ1n) is 15.9. The molecular formula is C36H52N2O2. The summed E-state index contributed by atoms with van der Waals surface area (Å²) < 4.78 is 0. The highest BCUT2D eigenvalue weighted by Crippen LogP contribution is 2.72. The predicted molar refractivity (Wildman–Crippen MR) is 165 cm³/mol. The largest absolute Gasteiger partial charge is 0.352 e. The number of primary amides is 1. The molecule has 1 aromatic carbocycles. The number of hydrogen-bond acceptors (Lipinski definition) is 2. The molecule has 0 aliphatic heterocycles. The van der Waals surface area contributed by atoms with E-state index in [1.54, 1.807) is 6.08 Å². The van der Waals surface area contributed by atoms with Crippen molar-refractivity contribution in [1.29, 1.82) is 0 Å². The third kappa shape index (κ3) is 4.40. The number of nitrogens with one attached hydrogen (secondary N) is 1. The molecule has 2 amide bonds. The number of fused-ring (bicyclic) bond motifs is 7. The van der Waals surface area contributed by atoms with Crippen LogP contribution in [0.3, 0.4) is 0 Å². The Morgan fingerprint density at radius 1 is 0.925 bits per heavy atom. The molecule has 3 N–H and O–H groups in total. The van der Waals surface area contributed by atoms with Gasteiger partial charge in [0.05, 0.1) is 0 Å². The summed E-state index contributed by atoms with van der Waals surface area (Å²) in [4.78, 5) is 23.2. The normalized spacial score (nSPS) is 40.9. The molecule has 8 atom stereocenters. The number of allylic oxidation sites excluding steroid dienone is 3. The summed E-state index contributed by atoms with van der Waals surface area (Å²) in [5, 5.41) is 3.28. The van der Waals surface area contributed by atoms with E-state index in [-0.39, 0.29) is 17.0 Å². The molecule has 0 bridgehead atoms. The second kappa shape index (κ2) is 10.5. The van der Waals surface area contributed by atoms with Crippen molar-refractivity contribution >= 4 is 17.9 Å². The molecular weight excluding hydrogens is 492 g/mol. The number of carbonyl (C=O) groups is 2. The fraction of sp³-hybridized carbons (Fsp3) is 0.667. The van der Waals surface area contributed by atoms with Crippen molar-refractivity contribution < 1.29 is 9.59 Å². The van der Waals surface area contributed by atoms with Gasteiger partial charge in [-0.3, -0.25) is 4.79 Å². The Labute approximate surface area is 242 Å². The maximum Gasteiger partial charge on any atom is 0.312 e. The minimum Gasteiger partial charge on any atom is -0.352 e. The fourth-order valence-corrected chi connectivity index (χ4v) is 11.5. The van der Waals surface area contributed by atoms with E-state index in [0.29, 0.717) is 22.7 Å². The molecule has 218 valence electrons. The summed E-state index contributed by atoms with van der Waals surface area (Å²) in [6, 6.07) is 7.89. The van der Waals surface area contributed by atoms with Crippen LogP contribution in [0.15, 0.2) is 43.0 Å². The van der Waals surface area contributed by atoms with Crippen LogP contribution in [-0.2, 0) is 0 Å². The van der Waals surface area contributed by atoms with Crippen molar-refractivity contribution in [3.63, 3.8) is 0 Å². The predicted octanol–water partition coefficient (Wildman–Crippen LogP) is 8.57. The molecule has 0 saturated heterocycles. The highest BCUT2D eigenvalue weighted by atomic mass is 16.2. The van der Waals surface area contributed by atoms with Crippen molar-refractivity contribution in [1.82, 2.24) is 5.32 Å². The Balaban J connectivity index is 0.00000103. The van der Waals surface area contributed by atoms with Gasteiger partial charge in [-0.1, -0.05) is 70.5 Å². The highest BCUT2D eigenvalue weighted by Gasteiger charge is 2.65. The molecule has 4 heteroatoms. The fourth-order valence-electron chi connectivity index (χ4n) is 11.5. The minimum absolute atomic E-state index is 0.0405. The number of aldehydes is 1. The van der Waals surface area contributed by atoms with Crippen LogP contribution in [0.4, 0.5) is 4.79 Å². The zero-order valence-electron chi connectivity index (χ0n) is 25.6. The first-order chi connectivity index (χ1) is 19.0. The summed E-state index contributed by atoms with van der Waals surface area (Å²) in [6.07, 6.45) is 17.6. The van der Waals surface area contributed by atoms with Gasteiger partial charge in [-0.2, -0.15) is 0 Å². The number of amides is 2. The maximum absolute atomic E-state index is 12.0. The minimum atomic E-state index is -0.328. The molecule has 40 heavy (non-hydrogen) atoms. The standard InChI is InChI=1S/C33H46N2O2.C3H6/c1-30(2)24(22-9-7-21(20-36)8-10-22)13-17-32(4)27(30)15-18-31(3)25-14-19-33(35-29(34)37)16-5-6-26(33)23(25)11-12-28(31)32;1-3-2/h7-10,13,20,23,25-28H,5-6,11-12,14-19H2,1-4H3,(H3,34,35,37);3H,1H2,2H3. The Hall–Kier alpha value is -2.36. The molecule has 4 nitrogen and oxygen atoms in total. The molecule has 0 radical (unpaired) electrons. The number of hydrogen-bond donors (Lipinski definition) is 2. The molecule has 5 aliphatic rings. The second-order valence-electron chi connectivity index (χ2n) is 14.9. The van der Waals surface area contributed by atoms with Crippen LogP contribution in [0.1, 0.15) is 115 Å². The lowest BCUT2D eigenvalue weighted by Crippen LogP contribution is -2.64. The highest BCUT2D eigenvalue weighted by molar-refractivity contribution is 5.78. The van der Waals surface area contributed by atoms with Crippen molar-refractivity contribution in [2.24, 2.45) is 51.6 Å². The van der Waals surface area contributed by atoms with E-state index >= 15 is 0 Å².